The van der Waals surface area contributed by atoms with Gasteiger partial charge in [-0.05, 0) is 42.7 Å². The van der Waals surface area contributed by atoms with Gasteiger partial charge in [-0.1, -0.05) is 50.0 Å². The maximum absolute atomic E-state index is 13.5. The van der Waals surface area contributed by atoms with Gasteiger partial charge in [0.25, 0.3) is 5.56 Å². The number of carbonyl (C=O) groups excluding carboxylic acids is 1. The number of methoxy groups -OCH3 is 1. The van der Waals surface area contributed by atoms with Gasteiger partial charge in [0.1, 0.15) is 11.5 Å². The SMILES string of the molecule is COC(=O)c1cccc(-c2c3c(=O)n(C)c(=O)n(CC(C)C)c3nn2Cc2cccc(C#CC(C)O)c2)c1. The number of aliphatic hydroxyl groups is 1. The predicted molar refractivity (Wildman–Crippen MR) is 145 cm³/mol. The molecule has 2 heterocycles. The third-order valence-electron chi connectivity index (χ3n) is 6.02. The molecule has 4 rings (SSSR count). The monoisotopic (exact) mass is 514 g/mol. The maximum atomic E-state index is 13.5. The van der Waals surface area contributed by atoms with Crippen molar-refractivity contribution in [1.82, 2.24) is 18.9 Å². The molecule has 9 nitrogen and oxygen atoms in total. The van der Waals surface area contributed by atoms with Gasteiger partial charge < -0.3 is 9.84 Å². The zero-order chi connectivity index (χ0) is 27.6. The fourth-order valence-electron chi connectivity index (χ4n) is 4.32. The lowest BCUT2D eigenvalue weighted by Crippen LogP contribution is -2.38. The summed E-state index contributed by atoms with van der Waals surface area (Å²) in [4.78, 5) is 38.9. The number of ether oxygens (including phenoxy) is 1. The molecule has 1 atom stereocenters. The van der Waals surface area contributed by atoms with E-state index in [0.717, 1.165) is 15.7 Å². The molecular formula is C29H30N4O5. The summed E-state index contributed by atoms with van der Waals surface area (Å²) < 4.78 is 9.19. The van der Waals surface area contributed by atoms with Gasteiger partial charge in [0, 0.05) is 24.7 Å². The smallest absolute Gasteiger partial charge is 0.337 e. The molecular weight excluding hydrogens is 484 g/mol. The van der Waals surface area contributed by atoms with E-state index in [1.807, 2.05) is 38.1 Å². The molecule has 0 aliphatic heterocycles. The number of aromatic nitrogens is 4. The number of fused-ring (bicyclic) bond motifs is 1. The summed E-state index contributed by atoms with van der Waals surface area (Å²) in [5.41, 5.74) is 2.37. The normalized spacial score (nSPS) is 11.9. The summed E-state index contributed by atoms with van der Waals surface area (Å²) in [5, 5.41) is 14.6. The van der Waals surface area contributed by atoms with Crippen LogP contribution in [-0.4, -0.2) is 43.2 Å². The van der Waals surface area contributed by atoms with Gasteiger partial charge in [-0.15, -0.1) is 0 Å². The minimum absolute atomic E-state index is 0.133. The Morgan fingerprint density at radius 3 is 2.53 bits per heavy atom. The van der Waals surface area contributed by atoms with Gasteiger partial charge in [-0.3, -0.25) is 18.6 Å². The van der Waals surface area contributed by atoms with Gasteiger partial charge in [0.05, 0.1) is 24.9 Å². The molecule has 2 aromatic heterocycles. The Bertz CT molecular complexity index is 1700. The van der Waals surface area contributed by atoms with Crippen LogP contribution in [-0.2, 0) is 24.9 Å². The highest BCUT2D eigenvalue weighted by Crippen LogP contribution is 2.28. The van der Waals surface area contributed by atoms with Crippen molar-refractivity contribution in [2.24, 2.45) is 13.0 Å². The zero-order valence-corrected chi connectivity index (χ0v) is 22.1. The number of benzene rings is 2. The molecule has 0 bridgehead atoms. The number of rotatable bonds is 6. The van der Waals surface area contributed by atoms with Crippen molar-refractivity contribution >= 4 is 17.0 Å². The molecule has 196 valence electrons. The summed E-state index contributed by atoms with van der Waals surface area (Å²) >= 11 is 0. The van der Waals surface area contributed by atoms with Crippen LogP contribution in [0.1, 0.15) is 42.3 Å². The summed E-state index contributed by atoms with van der Waals surface area (Å²) in [6.07, 6.45) is -0.752. The number of hydrogen-bond donors (Lipinski definition) is 1. The Kier molecular flexibility index (Phi) is 7.65. The van der Waals surface area contributed by atoms with E-state index < -0.39 is 23.3 Å². The highest BCUT2D eigenvalue weighted by molar-refractivity contribution is 5.95. The van der Waals surface area contributed by atoms with Crippen molar-refractivity contribution < 1.29 is 14.6 Å². The lowest BCUT2D eigenvalue weighted by Gasteiger charge is -2.11. The van der Waals surface area contributed by atoms with Crippen LogP contribution in [0.3, 0.4) is 0 Å². The van der Waals surface area contributed by atoms with E-state index in [9.17, 15) is 19.5 Å². The van der Waals surface area contributed by atoms with Gasteiger partial charge in [0.15, 0.2) is 5.65 Å². The molecule has 0 spiro atoms. The number of esters is 1. The Hall–Kier alpha value is -4.42. The summed E-state index contributed by atoms with van der Waals surface area (Å²) in [7, 11) is 2.76. The first-order chi connectivity index (χ1) is 18.1. The van der Waals surface area contributed by atoms with Crippen LogP contribution in [0.15, 0.2) is 58.1 Å². The van der Waals surface area contributed by atoms with E-state index in [-0.39, 0.29) is 18.1 Å². The molecule has 2 aromatic carbocycles. The Morgan fingerprint density at radius 1 is 1.11 bits per heavy atom. The first kappa shape index (κ1) is 26.6. The van der Waals surface area contributed by atoms with Gasteiger partial charge in [-0.2, -0.15) is 5.10 Å². The zero-order valence-electron chi connectivity index (χ0n) is 22.1. The van der Waals surface area contributed by atoms with Crippen LogP contribution in [0.4, 0.5) is 0 Å². The lowest BCUT2D eigenvalue weighted by molar-refractivity contribution is 0.0600. The summed E-state index contributed by atoms with van der Waals surface area (Å²) in [5.74, 6) is 5.31. The van der Waals surface area contributed by atoms with Crippen molar-refractivity contribution in [1.29, 1.82) is 0 Å². The molecule has 9 heteroatoms. The largest absolute Gasteiger partial charge is 0.465 e. The van der Waals surface area contributed by atoms with Crippen LogP contribution in [0.2, 0.25) is 0 Å². The number of hydrogen-bond acceptors (Lipinski definition) is 6. The standard InChI is InChI=1S/C29H30N4O5/c1-18(2)16-32-26-24(27(35)31(4)29(32)37)25(22-10-7-11-23(15-22)28(36)38-5)33(30-26)17-21-9-6-8-20(14-21)13-12-19(3)34/h6-11,14-15,18-19,34H,16-17H2,1-5H3. The summed E-state index contributed by atoms with van der Waals surface area (Å²) in [6.45, 7) is 6.22. The third kappa shape index (κ3) is 5.31. The van der Waals surface area contributed by atoms with E-state index in [0.29, 0.717) is 28.8 Å². The molecule has 4 aromatic rings. The van der Waals surface area contributed by atoms with Gasteiger partial charge >= 0.3 is 11.7 Å². The number of carbonyl (C=O) groups is 1. The highest BCUT2D eigenvalue weighted by Gasteiger charge is 2.23. The number of aliphatic hydroxyl groups excluding tert-OH is 1. The van der Waals surface area contributed by atoms with E-state index in [1.54, 1.807) is 35.9 Å². The van der Waals surface area contributed by atoms with Gasteiger partial charge in [0.2, 0.25) is 0 Å². The quantitative estimate of drug-likeness (QED) is 0.313. The second kappa shape index (κ2) is 10.9. The fraction of sp³-hybridized carbons (Fsp3) is 0.310. The van der Waals surface area contributed by atoms with E-state index in [4.69, 9.17) is 9.84 Å². The molecule has 0 aliphatic carbocycles. The van der Waals surface area contributed by atoms with Crippen molar-refractivity contribution in [2.75, 3.05) is 7.11 Å². The number of nitrogens with zero attached hydrogens (tertiary/aromatic N) is 4. The maximum Gasteiger partial charge on any atom is 0.337 e. The topological polar surface area (TPSA) is 108 Å². The Morgan fingerprint density at radius 2 is 1.84 bits per heavy atom. The van der Waals surface area contributed by atoms with Crippen molar-refractivity contribution in [3.05, 3.63) is 86.1 Å². The minimum Gasteiger partial charge on any atom is -0.465 e. The van der Waals surface area contributed by atoms with E-state index in [2.05, 4.69) is 11.8 Å². The fourth-order valence-corrected chi connectivity index (χ4v) is 4.32. The van der Waals surface area contributed by atoms with Crippen molar-refractivity contribution in [3.63, 3.8) is 0 Å². The molecule has 1 unspecified atom stereocenters. The van der Waals surface area contributed by atoms with Crippen molar-refractivity contribution in [3.8, 4) is 23.1 Å². The predicted octanol–water partition coefficient (Wildman–Crippen LogP) is 2.79. The molecule has 1 N–H and O–H groups in total. The average molecular weight is 515 g/mol. The first-order valence-electron chi connectivity index (χ1n) is 12.3. The first-order valence-corrected chi connectivity index (χ1v) is 12.3. The molecule has 0 aliphatic rings. The Labute approximate surface area is 219 Å². The van der Waals surface area contributed by atoms with Crippen LogP contribution in [0.25, 0.3) is 22.3 Å². The van der Waals surface area contributed by atoms with E-state index >= 15 is 0 Å². The van der Waals surface area contributed by atoms with Gasteiger partial charge in [-0.25, -0.2) is 9.59 Å². The lowest BCUT2D eigenvalue weighted by atomic mass is 10.1. The molecule has 0 amide bonds. The molecule has 0 fully saturated rings. The van der Waals surface area contributed by atoms with Crippen LogP contribution < -0.4 is 11.2 Å². The Balaban J connectivity index is 2.01. The molecule has 0 saturated carbocycles. The van der Waals surface area contributed by atoms with Crippen LogP contribution >= 0.6 is 0 Å². The molecule has 38 heavy (non-hydrogen) atoms. The average Bonchev–Trinajstić information content (AvgIpc) is 3.27. The summed E-state index contributed by atoms with van der Waals surface area (Å²) in [6, 6.07) is 14.3. The highest BCUT2D eigenvalue weighted by atomic mass is 16.5. The van der Waals surface area contributed by atoms with Crippen LogP contribution in [0.5, 0.6) is 0 Å². The second-order valence-corrected chi connectivity index (χ2v) is 9.57. The van der Waals surface area contributed by atoms with E-state index in [1.165, 1.54) is 18.7 Å². The van der Waals surface area contributed by atoms with Crippen molar-refractivity contribution in [2.45, 2.75) is 40.0 Å². The third-order valence-corrected chi connectivity index (χ3v) is 6.02. The molecule has 0 radical (unpaired) electrons. The second-order valence-electron chi connectivity index (χ2n) is 9.57. The molecule has 0 saturated heterocycles. The van der Waals surface area contributed by atoms with Crippen LogP contribution in [0, 0.1) is 17.8 Å². The minimum atomic E-state index is -0.752.